The van der Waals surface area contributed by atoms with E-state index in [-0.39, 0.29) is 11.5 Å². The van der Waals surface area contributed by atoms with Gasteiger partial charge in [0.2, 0.25) is 0 Å². The Kier molecular flexibility index (Phi) is 4.84. The van der Waals surface area contributed by atoms with Crippen molar-refractivity contribution < 1.29 is 4.79 Å². The molecule has 5 heteroatoms. The van der Waals surface area contributed by atoms with Crippen molar-refractivity contribution in [2.75, 3.05) is 5.32 Å². The van der Waals surface area contributed by atoms with Crippen molar-refractivity contribution in [1.82, 2.24) is 4.40 Å². The third kappa shape index (κ3) is 3.64. The molecule has 0 unspecified atom stereocenters. The number of thiazole rings is 1. The smallest absolute Gasteiger partial charge is 0.273 e. The SMILES string of the molecule is O=C(Nc1ccccc1)c1csc2c(C3CC3)c(Cc3cccc4ccccc34)cc(=O)n12. The summed E-state index contributed by atoms with van der Waals surface area (Å²) >= 11 is 1.49. The Hall–Kier alpha value is -3.70. The quantitative estimate of drug-likeness (QED) is 0.345. The van der Waals surface area contributed by atoms with E-state index in [0.717, 1.165) is 23.2 Å². The molecule has 1 saturated carbocycles. The van der Waals surface area contributed by atoms with Gasteiger partial charge >= 0.3 is 0 Å². The molecule has 6 rings (SSSR count). The molecule has 0 atom stereocenters. The topological polar surface area (TPSA) is 50.6 Å². The summed E-state index contributed by atoms with van der Waals surface area (Å²) in [5.74, 6) is 0.187. The average Bonchev–Trinajstić information content (AvgIpc) is 3.57. The number of aromatic nitrogens is 1. The summed E-state index contributed by atoms with van der Waals surface area (Å²) in [4.78, 5) is 27.2. The molecule has 4 nitrogen and oxygen atoms in total. The van der Waals surface area contributed by atoms with E-state index in [1.807, 2.05) is 41.8 Å². The third-order valence-electron chi connectivity index (χ3n) is 6.33. The number of nitrogens with one attached hydrogen (secondary N) is 1. The highest BCUT2D eigenvalue weighted by atomic mass is 32.1. The van der Waals surface area contributed by atoms with Gasteiger partial charge in [0, 0.05) is 17.1 Å². The third-order valence-corrected chi connectivity index (χ3v) is 7.30. The summed E-state index contributed by atoms with van der Waals surface area (Å²) < 4.78 is 1.60. The minimum Gasteiger partial charge on any atom is -0.321 e. The molecule has 1 amide bonds. The fourth-order valence-corrected chi connectivity index (χ4v) is 5.79. The molecule has 0 aliphatic heterocycles. The lowest BCUT2D eigenvalue weighted by Gasteiger charge is -2.13. The summed E-state index contributed by atoms with van der Waals surface area (Å²) in [5, 5.41) is 7.14. The Bertz CT molecular complexity index is 1560. The summed E-state index contributed by atoms with van der Waals surface area (Å²) in [5.41, 5.74) is 4.48. The Labute approximate surface area is 195 Å². The van der Waals surface area contributed by atoms with Gasteiger partial charge in [-0.3, -0.25) is 14.0 Å². The number of carbonyl (C=O) groups excluding carboxylic acids is 1. The van der Waals surface area contributed by atoms with Crippen molar-refractivity contribution in [2.24, 2.45) is 0 Å². The van der Waals surface area contributed by atoms with E-state index < -0.39 is 0 Å². The zero-order valence-corrected chi connectivity index (χ0v) is 18.8. The molecule has 5 aromatic rings. The van der Waals surface area contributed by atoms with Crippen LogP contribution in [0.25, 0.3) is 15.6 Å². The fraction of sp³-hybridized carbons (Fsp3) is 0.143. The largest absolute Gasteiger partial charge is 0.321 e. The molecule has 1 fully saturated rings. The normalized spacial score (nSPS) is 13.5. The van der Waals surface area contributed by atoms with Gasteiger partial charge in [-0.25, -0.2) is 0 Å². The van der Waals surface area contributed by atoms with Crippen LogP contribution in [0.3, 0.4) is 0 Å². The lowest BCUT2D eigenvalue weighted by Crippen LogP contribution is -2.22. The Morgan fingerprint density at radius 1 is 0.939 bits per heavy atom. The monoisotopic (exact) mass is 450 g/mol. The van der Waals surface area contributed by atoms with Crippen LogP contribution in [0, 0.1) is 0 Å². The Balaban J connectivity index is 1.45. The van der Waals surface area contributed by atoms with Crippen molar-refractivity contribution in [3.8, 4) is 0 Å². The van der Waals surface area contributed by atoms with Gasteiger partial charge in [0.15, 0.2) is 0 Å². The first-order chi connectivity index (χ1) is 16.2. The number of para-hydroxylation sites is 1. The molecule has 2 heterocycles. The van der Waals surface area contributed by atoms with E-state index >= 15 is 0 Å². The molecule has 0 bridgehead atoms. The first-order valence-electron chi connectivity index (χ1n) is 11.2. The minimum absolute atomic E-state index is 0.149. The second kappa shape index (κ2) is 8.01. The first-order valence-corrected chi connectivity index (χ1v) is 12.1. The van der Waals surface area contributed by atoms with Crippen LogP contribution < -0.4 is 10.9 Å². The number of hydrogen-bond acceptors (Lipinski definition) is 3. The van der Waals surface area contributed by atoms with E-state index in [9.17, 15) is 9.59 Å². The lowest BCUT2D eigenvalue weighted by atomic mass is 9.95. The molecule has 1 aliphatic carbocycles. The van der Waals surface area contributed by atoms with Crippen LogP contribution in [0.4, 0.5) is 5.69 Å². The van der Waals surface area contributed by atoms with Crippen molar-refractivity contribution in [2.45, 2.75) is 25.2 Å². The standard InChI is InChI=1S/C28H22N2O2S/c31-25-16-21(15-20-9-6-8-18-7-4-5-12-23(18)20)26(19-13-14-19)28-30(25)24(17-33-28)27(32)29-22-10-2-1-3-11-22/h1-12,16-17,19H,13-15H2,(H,29,32). The molecule has 0 radical (unpaired) electrons. The fourth-order valence-electron chi connectivity index (χ4n) is 4.64. The van der Waals surface area contributed by atoms with E-state index in [0.29, 0.717) is 23.7 Å². The number of nitrogens with zero attached hydrogens (tertiary/aromatic N) is 1. The molecule has 3 aromatic carbocycles. The van der Waals surface area contributed by atoms with Gasteiger partial charge in [0.05, 0.1) is 0 Å². The van der Waals surface area contributed by atoms with Gasteiger partial charge in [-0.1, -0.05) is 60.7 Å². The summed E-state index contributed by atoms with van der Waals surface area (Å²) in [6.07, 6.45) is 2.96. The van der Waals surface area contributed by atoms with E-state index in [4.69, 9.17) is 0 Å². The Morgan fingerprint density at radius 2 is 1.70 bits per heavy atom. The van der Waals surface area contributed by atoms with Gasteiger partial charge in [-0.15, -0.1) is 11.3 Å². The van der Waals surface area contributed by atoms with Crippen LogP contribution in [-0.2, 0) is 6.42 Å². The number of rotatable bonds is 5. The summed E-state index contributed by atoms with van der Waals surface area (Å²) in [7, 11) is 0. The second-order valence-electron chi connectivity index (χ2n) is 8.59. The predicted molar refractivity (Wildman–Crippen MR) is 135 cm³/mol. The second-order valence-corrected chi connectivity index (χ2v) is 9.45. The van der Waals surface area contributed by atoms with Gasteiger partial charge < -0.3 is 5.32 Å². The summed E-state index contributed by atoms with van der Waals surface area (Å²) in [6, 6.07) is 25.8. The van der Waals surface area contributed by atoms with Crippen molar-refractivity contribution in [1.29, 1.82) is 0 Å². The zero-order chi connectivity index (χ0) is 22.4. The number of amides is 1. The van der Waals surface area contributed by atoms with Crippen molar-refractivity contribution >= 4 is 38.5 Å². The number of hydrogen-bond donors (Lipinski definition) is 1. The first kappa shape index (κ1) is 19.9. The maximum atomic E-state index is 13.3. The molecular formula is C28H22N2O2S. The molecule has 162 valence electrons. The molecule has 0 saturated heterocycles. The molecule has 33 heavy (non-hydrogen) atoms. The maximum Gasteiger partial charge on any atom is 0.273 e. The molecule has 2 aromatic heterocycles. The molecular weight excluding hydrogens is 428 g/mol. The number of pyridine rings is 1. The highest BCUT2D eigenvalue weighted by Crippen LogP contribution is 2.45. The predicted octanol–water partition coefficient (Wildman–Crippen LogP) is 6.23. The number of anilines is 1. The summed E-state index contributed by atoms with van der Waals surface area (Å²) in [6.45, 7) is 0. The zero-order valence-electron chi connectivity index (χ0n) is 18.0. The van der Waals surface area contributed by atoms with Crippen LogP contribution in [0.2, 0.25) is 0 Å². The molecule has 1 N–H and O–H groups in total. The maximum absolute atomic E-state index is 13.3. The van der Waals surface area contributed by atoms with Gasteiger partial charge in [-0.05, 0) is 64.8 Å². The molecule has 1 aliphatic rings. The highest BCUT2D eigenvalue weighted by Gasteiger charge is 2.31. The number of fused-ring (bicyclic) bond motifs is 2. The number of benzene rings is 3. The Morgan fingerprint density at radius 3 is 2.52 bits per heavy atom. The van der Waals surface area contributed by atoms with E-state index in [1.165, 1.54) is 33.2 Å². The number of carbonyl (C=O) groups is 1. The van der Waals surface area contributed by atoms with Crippen molar-refractivity contribution in [3.63, 3.8) is 0 Å². The van der Waals surface area contributed by atoms with Crippen molar-refractivity contribution in [3.05, 3.63) is 117 Å². The van der Waals surface area contributed by atoms with E-state index in [2.05, 4.69) is 41.7 Å². The van der Waals surface area contributed by atoms with E-state index in [1.54, 1.807) is 10.5 Å². The van der Waals surface area contributed by atoms with Crippen LogP contribution in [0.5, 0.6) is 0 Å². The lowest BCUT2D eigenvalue weighted by molar-refractivity contribution is 0.102. The van der Waals surface area contributed by atoms with Crippen LogP contribution in [0.15, 0.2) is 89.0 Å². The van der Waals surface area contributed by atoms with Gasteiger partial charge in [0.25, 0.3) is 11.5 Å². The van der Waals surface area contributed by atoms with Gasteiger partial charge in [0.1, 0.15) is 10.5 Å². The average molecular weight is 451 g/mol. The van der Waals surface area contributed by atoms with Gasteiger partial charge in [-0.2, -0.15) is 0 Å². The van der Waals surface area contributed by atoms with Crippen LogP contribution in [-0.4, -0.2) is 10.3 Å². The molecule has 0 spiro atoms. The highest BCUT2D eigenvalue weighted by molar-refractivity contribution is 7.16. The van der Waals surface area contributed by atoms with Crippen LogP contribution >= 0.6 is 11.3 Å². The van der Waals surface area contributed by atoms with Crippen LogP contribution in [0.1, 0.15) is 45.9 Å². The minimum atomic E-state index is -0.266.